The van der Waals surface area contributed by atoms with Crippen LogP contribution in [0, 0.1) is 0 Å². The van der Waals surface area contributed by atoms with Crippen molar-refractivity contribution in [3.8, 4) is 0 Å². The van der Waals surface area contributed by atoms with Crippen LogP contribution in [0.15, 0.2) is 52.0 Å². The zero-order valence-corrected chi connectivity index (χ0v) is 19.2. The number of carbonyl (C=O) groups is 1. The van der Waals surface area contributed by atoms with E-state index in [1.807, 2.05) is 41.8 Å². The molecule has 0 atom stereocenters. The molecule has 3 rings (SSSR count). The predicted molar refractivity (Wildman–Crippen MR) is 123 cm³/mol. The van der Waals surface area contributed by atoms with Crippen LogP contribution in [0.1, 0.15) is 41.7 Å². The minimum absolute atomic E-state index is 0.329. The summed E-state index contributed by atoms with van der Waals surface area (Å²) in [7, 11) is 0. The summed E-state index contributed by atoms with van der Waals surface area (Å²) in [5, 5.41) is 12.4. The van der Waals surface area contributed by atoms with E-state index in [1.165, 1.54) is 0 Å². The van der Waals surface area contributed by atoms with Gasteiger partial charge in [-0.05, 0) is 51.5 Å². The fourth-order valence-corrected chi connectivity index (χ4v) is 4.53. The molecule has 2 heterocycles. The third-order valence-corrected chi connectivity index (χ3v) is 6.44. The van der Waals surface area contributed by atoms with Gasteiger partial charge in [-0.1, -0.05) is 49.2 Å². The number of halogens is 2. The number of carboxylic acid groups (broad SMARTS) is 1. The van der Waals surface area contributed by atoms with Gasteiger partial charge in [-0.3, -0.25) is 0 Å². The van der Waals surface area contributed by atoms with Crippen LogP contribution in [0.25, 0.3) is 6.08 Å². The van der Waals surface area contributed by atoms with Crippen molar-refractivity contribution >= 4 is 50.9 Å². The summed E-state index contributed by atoms with van der Waals surface area (Å²) in [5.41, 5.74) is 2.06. The Labute approximate surface area is 188 Å². The SMILES string of the molecule is CCCCc1nc(Br)c(/C=C(\Cc2cccs2)C(=O)O)n1Cc1ccccc1Cl. The van der Waals surface area contributed by atoms with Crippen molar-refractivity contribution in [2.45, 2.75) is 39.2 Å². The molecule has 4 nitrogen and oxygen atoms in total. The molecule has 0 fully saturated rings. The molecule has 0 aliphatic heterocycles. The van der Waals surface area contributed by atoms with Crippen LogP contribution in [-0.4, -0.2) is 20.6 Å². The summed E-state index contributed by atoms with van der Waals surface area (Å²) in [6, 6.07) is 11.6. The molecule has 0 amide bonds. The van der Waals surface area contributed by atoms with Gasteiger partial charge >= 0.3 is 5.97 Å². The molecule has 0 spiro atoms. The molecule has 7 heteroatoms. The molecule has 0 saturated heterocycles. The number of unbranched alkanes of at least 4 members (excludes halogenated alkanes) is 1. The minimum atomic E-state index is -0.925. The zero-order chi connectivity index (χ0) is 20.8. The first-order valence-corrected chi connectivity index (χ1v) is 11.5. The van der Waals surface area contributed by atoms with E-state index in [0.29, 0.717) is 28.2 Å². The fraction of sp³-hybridized carbons (Fsp3) is 0.273. The monoisotopic (exact) mass is 492 g/mol. The van der Waals surface area contributed by atoms with Crippen LogP contribution in [0.4, 0.5) is 0 Å². The second-order valence-electron chi connectivity index (χ2n) is 6.72. The molecule has 0 bridgehead atoms. The minimum Gasteiger partial charge on any atom is -0.478 e. The Morgan fingerprint density at radius 3 is 2.76 bits per heavy atom. The van der Waals surface area contributed by atoms with Gasteiger partial charge in [0.2, 0.25) is 0 Å². The smallest absolute Gasteiger partial charge is 0.332 e. The normalized spacial score (nSPS) is 11.8. The lowest BCUT2D eigenvalue weighted by Gasteiger charge is -2.12. The van der Waals surface area contributed by atoms with Crippen LogP contribution in [0.2, 0.25) is 5.02 Å². The molecule has 29 heavy (non-hydrogen) atoms. The highest BCUT2D eigenvalue weighted by Crippen LogP contribution is 2.27. The summed E-state index contributed by atoms with van der Waals surface area (Å²) in [5.74, 6) is -0.00309. The van der Waals surface area contributed by atoms with Crippen molar-refractivity contribution in [2.75, 3.05) is 0 Å². The van der Waals surface area contributed by atoms with Crippen molar-refractivity contribution in [3.05, 3.63) is 78.9 Å². The third kappa shape index (κ3) is 5.59. The molecule has 1 N–H and O–H groups in total. The standard InChI is InChI=1S/C22H22BrClN2O2S/c1-2-3-10-20-25-21(23)19(26(20)14-15-7-4-5-9-18(15)24)13-16(22(27)28)12-17-8-6-11-29-17/h4-9,11,13H,2-3,10,12,14H2,1H3,(H,27,28)/b16-13+. The van der Waals surface area contributed by atoms with Gasteiger partial charge in [-0.15, -0.1) is 11.3 Å². The van der Waals surface area contributed by atoms with E-state index in [9.17, 15) is 9.90 Å². The highest BCUT2D eigenvalue weighted by Gasteiger charge is 2.18. The Morgan fingerprint density at radius 1 is 1.31 bits per heavy atom. The molecule has 2 aromatic heterocycles. The van der Waals surface area contributed by atoms with Gasteiger partial charge in [0, 0.05) is 28.3 Å². The second kappa shape index (κ2) is 10.2. The molecular formula is C22H22BrClN2O2S. The van der Waals surface area contributed by atoms with E-state index in [4.69, 9.17) is 11.6 Å². The Hall–Kier alpha value is -1.89. The summed E-state index contributed by atoms with van der Waals surface area (Å²) >= 11 is 11.5. The maximum atomic E-state index is 11.9. The molecule has 0 aliphatic carbocycles. The zero-order valence-electron chi connectivity index (χ0n) is 16.1. The molecule has 0 radical (unpaired) electrons. The highest BCUT2D eigenvalue weighted by molar-refractivity contribution is 9.10. The van der Waals surface area contributed by atoms with E-state index in [2.05, 4.69) is 32.4 Å². The third-order valence-electron chi connectivity index (χ3n) is 4.61. The number of nitrogens with zero attached hydrogens (tertiary/aromatic N) is 2. The van der Waals surface area contributed by atoms with Gasteiger partial charge in [0.05, 0.1) is 12.2 Å². The van der Waals surface area contributed by atoms with Crippen molar-refractivity contribution < 1.29 is 9.90 Å². The number of hydrogen-bond donors (Lipinski definition) is 1. The van der Waals surface area contributed by atoms with Gasteiger partial charge in [0.25, 0.3) is 0 Å². The number of imidazole rings is 1. The Kier molecular flexibility index (Phi) is 7.70. The number of carboxylic acids is 1. The summed E-state index contributed by atoms with van der Waals surface area (Å²) < 4.78 is 2.72. The lowest BCUT2D eigenvalue weighted by Crippen LogP contribution is -2.09. The first-order valence-electron chi connectivity index (χ1n) is 9.44. The Balaban J connectivity index is 2.05. The van der Waals surface area contributed by atoms with Crippen molar-refractivity contribution in [1.82, 2.24) is 9.55 Å². The van der Waals surface area contributed by atoms with Crippen molar-refractivity contribution in [3.63, 3.8) is 0 Å². The van der Waals surface area contributed by atoms with Crippen LogP contribution in [-0.2, 0) is 24.2 Å². The van der Waals surface area contributed by atoms with Gasteiger partial charge in [-0.25, -0.2) is 9.78 Å². The van der Waals surface area contributed by atoms with E-state index >= 15 is 0 Å². The van der Waals surface area contributed by atoms with Gasteiger partial charge in [-0.2, -0.15) is 0 Å². The van der Waals surface area contributed by atoms with Crippen LogP contribution in [0.3, 0.4) is 0 Å². The topological polar surface area (TPSA) is 55.1 Å². The maximum absolute atomic E-state index is 11.9. The summed E-state index contributed by atoms with van der Waals surface area (Å²) in [6.07, 6.45) is 4.99. The van der Waals surface area contributed by atoms with E-state index in [1.54, 1.807) is 17.4 Å². The lowest BCUT2D eigenvalue weighted by atomic mass is 10.1. The molecule has 0 aliphatic rings. The number of rotatable bonds is 9. The van der Waals surface area contributed by atoms with E-state index in [0.717, 1.165) is 41.2 Å². The number of benzene rings is 1. The molecule has 1 aromatic carbocycles. The predicted octanol–water partition coefficient (Wildman–Crippen LogP) is 6.46. The quantitative estimate of drug-likeness (QED) is 0.348. The number of aromatic nitrogens is 2. The van der Waals surface area contributed by atoms with E-state index in [-0.39, 0.29) is 0 Å². The lowest BCUT2D eigenvalue weighted by molar-refractivity contribution is -0.132. The van der Waals surface area contributed by atoms with Crippen molar-refractivity contribution in [2.24, 2.45) is 0 Å². The van der Waals surface area contributed by atoms with Crippen LogP contribution in [0.5, 0.6) is 0 Å². The molecular weight excluding hydrogens is 472 g/mol. The Bertz CT molecular complexity index is 1010. The van der Waals surface area contributed by atoms with Crippen LogP contribution >= 0.6 is 38.9 Å². The largest absolute Gasteiger partial charge is 0.478 e. The number of aliphatic carboxylic acids is 1. The van der Waals surface area contributed by atoms with Gasteiger partial charge < -0.3 is 9.67 Å². The maximum Gasteiger partial charge on any atom is 0.332 e. The Morgan fingerprint density at radius 2 is 2.10 bits per heavy atom. The number of aryl methyl sites for hydroxylation is 1. The summed E-state index contributed by atoms with van der Waals surface area (Å²) in [6.45, 7) is 2.68. The average Bonchev–Trinajstić information content (AvgIpc) is 3.30. The average molecular weight is 494 g/mol. The first kappa shape index (κ1) is 21.8. The second-order valence-corrected chi connectivity index (χ2v) is 8.91. The molecule has 0 saturated carbocycles. The number of thiophene rings is 1. The molecule has 3 aromatic rings. The van der Waals surface area contributed by atoms with E-state index < -0.39 is 5.97 Å². The number of hydrogen-bond acceptors (Lipinski definition) is 3. The van der Waals surface area contributed by atoms with Crippen molar-refractivity contribution in [1.29, 1.82) is 0 Å². The fourth-order valence-electron chi connectivity index (χ4n) is 3.07. The summed E-state index contributed by atoms with van der Waals surface area (Å²) in [4.78, 5) is 17.6. The highest BCUT2D eigenvalue weighted by atomic mass is 79.9. The molecule has 152 valence electrons. The van der Waals surface area contributed by atoms with Gasteiger partial charge in [0.15, 0.2) is 0 Å². The first-order chi connectivity index (χ1) is 14.0. The van der Waals surface area contributed by atoms with Crippen LogP contribution < -0.4 is 0 Å². The molecule has 0 unspecified atom stereocenters. The van der Waals surface area contributed by atoms with Gasteiger partial charge in [0.1, 0.15) is 10.4 Å².